The van der Waals surface area contributed by atoms with Crippen LogP contribution in [0.1, 0.15) is 36.2 Å². The molecule has 0 aliphatic rings. The predicted molar refractivity (Wildman–Crippen MR) is 106 cm³/mol. The molecule has 0 aliphatic heterocycles. The molecule has 2 aromatic rings. The summed E-state index contributed by atoms with van der Waals surface area (Å²) in [6.07, 6.45) is 1.64. The number of nitrogens with zero attached hydrogens (tertiary/aromatic N) is 1. The highest BCUT2D eigenvalue weighted by molar-refractivity contribution is 6.29. The number of benzene rings is 1. The van der Waals surface area contributed by atoms with E-state index in [1.54, 1.807) is 30.3 Å². The van der Waals surface area contributed by atoms with Crippen molar-refractivity contribution in [2.24, 2.45) is 5.92 Å². The SMILES string of the molecule is CC(C)CC(NC(=O)Cc1ccccc1NC(=O)c1ccc(Cl)nc1)C(=O)O. The van der Waals surface area contributed by atoms with E-state index >= 15 is 0 Å². The predicted octanol–water partition coefficient (Wildman–Crippen LogP) is 3.15. The molecule has 0 fully saturated rings. The van der Waals surface area contributed by atoms with Gasteiger partial charge in [0.2, 0.25) is 5.91 Å². The van der Waals surface area contributed by atoms with Gasteiger partial charge in [-0.15, -0.1) is 0 Å². The van der Waals surface area contributed by atoms with E-state index in [0.29, 0.717) is 23.2 Å². The van der Waals surface area contributed by atoms with Gasteiger partial charge in [-0.1, -0.05) is 43.6 Å². The minimum atomic E-state index is -1.07. The Bertz CT molecular complexity index is 853. The molecule has 148 valence electrons. The van der Waals surface area contributed by atoms with E-state index < -0.39 is 17.9 Å². The van der Waals surface area contributed by atoms with Gasteiger partial charge in [0, 0.05) is 11.9 Å². The Hall–Kier alpha value is -2.93. The standard InChI is InChI=1S/C20H22ClN3O4/c1-12(2)9-16(20(27)28)23-18(25)10-13-5-3-4-6-15(13)24-19(26)14-7-8-17(21)22-11-14/h3-8,11-12,16H,9-10H2,1-2H3,(H,23,25)(H,24,26)(H,27,28). The zero-order valence-electron chi connectivity index (χ0n) is 15.6. The summed E-state index contributed by atoms with van der Waals surface area (Å²) in [6.45, 7) is 3.77. The minimum Gasteiger partial charge on any atom is -0.480 e. The van der Waals surface area contributed by atoms with Crippen molar-refractivity contribution in [3.63, 3.8) is 0 Å². The number of rotatable bonds is 8. The second-order valence-electron chi connectivity index (χ2n) is 6.75. The highest BCUT2D eigenvalue weighted by atomic mass is 35.5. The summed E-state index contributed by atoms with van der Waals surface area (Å²) < 4.78 is 0. The van der Waals surface area contributed by atoms with E-state index in [4.69, 9.17) is 11.6 Å². The molecular weight excluding hydrogens is 382 g/mol. The number of carbonyl (C=O) groups is 3. The molecular formula is C20H22ClN3O4. The number of amides is 2. The fourth-order valence-corrected chi connectivity index (χ4v) is 2.72. The van der Waals surface area contributed by atoms with Crippen LogP contribution in [0.4, 0.5) is 5.69 Å². The van der Waals surface area contributed by atoms with Crippen LogP contribution in [0.5, 0.6) is 0 Å². The number of hydrogen-bond acceptors (Lipinski definition) is 4. The zero-order valence-corrected chi connectivity index (χ0v) is 16.4. The molecule has 0 bridgehead atoms. The number of nitrogens with one attached hydrogen (secondary N) is 2. The number of halogens is 1. The van der Waals surface area contributed by atoms with Crippen molar-refractivity contribution in [1.82, 2.24) is 10.3 Å². The smallest absolute Gasteiger partial charge is 0.326 e. The maximum atomic E-state index is 12.4. The molecule has 1 heterocycles. The number of pyridine rings is 1. The molecule has 0 aliphatic carbocycles. The molecule has 1 unspecified atom stereocenters. The van der Waals surface area contributed by atoms with Crippen molar-refractivity contribution in [3.05, 3.63) is 58.9 Å². The van der Waals surface area contributed by atoms with E-state index in [9.17, 15) is 19.5 Å². The molecule has 0 saturated carbocycles. The second kappa shape index (κ2) is 9.85. The van der Waals surface area contributed by atoms with Crippen molar-refractivity contribution in [3.8, 4) is 0 Å². The lowest BCUT2D eigenvalue weighted by Gasteiger charge is -2.17. The lowest BCUT2D eigenvalue weighted by molar-refractivity contribution is -0.142. The first-order chi connectivity index (χ1) is 13.3. The number of aromatic nitrogens is 1. The second-order valence-corrected chi connectivity index (χ2v) is 7.13. The molecule has 2 rings (SSSR count). The summed E-state index contributed by atoms with van der Waals surface area (Å²) in [4.78, 5) is 39.9. The maximum absolute atomic E-state index is 12.4. The summed E-state index contributed by atoms with van der Waals surface area (Å²) in [5, 5.41) is 14.8. The van der Waals surface area contributed by atoms with Gasteiger partial charge in [-0.2, -0.15) is 0 Å². The average molecular weight is 404 g/mol. The maximum Gasteiger partial charge on any atom is 0.326 e. The van der Waals surface area contributed by atoms with Gasteiger partial charge in [0.1, 0.15) is 11.2 Å². The third-order valence-corrected chi connectivity index (χ3v) is 4.17. The van der Waals surface area contributed by atoms with Crippen LogP contribution in [0.15, 0.2) is 42.6 Å². The third-order valence-electron chi connectivity index (χ3n) is 3.95. The molecule has 1 atom stereocenters. The fraction of sp³-hybridized carbons (Fsp3) is 0.300. The number of aliphatic carboxylic acids is 1. The Kier molecular flexibility index (Phi) is 7.52. The molecule has 7 nitrogen and oxygen atoms in total. The van der Waals surface area contributed by atoms with Crippen molar-refractivity contribution in [1.29, 1.82) is 0 Å². The topological polar surface area (TPSA) is 108 Å². The van der Waals surface area contributed by atoms with Crippen LogP contribution < -0.4 is 10.6 Å². The molecule has 1 aromatic carbocycles. The van der Waals surface area contributed by atoms with E-state index in [2.05, 4.69) is 15.6 Å². The van der Waals surface area contributed by atoms with Crippen LogP contribution in [0.2, 0.25) is 5.15 Å². The van der Waals surface area contributed by atoms with Crippen LogP contribution >= 0.6 is 11.6 Å². The number of carbonyl (C=O) groups excluding carboxylic acids is 2. The van der Waals surface area contributed by atoms with Gasteiger partial charge in [-0.25, -0.2) is 9.78 Å². The Morgan fingerprint density at radius 3 is 2.46 bits per heavy atom. The lowest BCUT2D eigenvalue weighted by Crippen LogP contribution is -2.42. The van der Waals surface area contributed by atoms with Crippen LogP contribution in [0, 0.1) is 5.92 Å². The lowest BCUT2D eigenvalue weighted by atomic mass is 10.0. The summed E-state index contributed by atoms with van der Waals surface area (Å²) in [5.74, 6) is -1.76. The van der Waals surface area contributed by atoms with Gasteiger partial charge in [-0.05, 0) is 36.1 Å². The van der Waals surface area contributed by atoms with Gasteiger partial charge >= 0.3 is 5.97 Å². The van der Waals surface area contributed by atoms with Crippen molar-refractivity contribution < 1.29 is 19.5 Å². The molecule has 1 aromatic heterocycles. The zero-order chi connectivity index (χ0) is 20.7. The number of hydrogen-bond donors (Lipinski definition) is 3. The average Bonchev–Trinajstić information content (AvgIpc) is 2.62. The van der Waals surface area contributed by atoms with Crippen molar-refractivity contribution in [2.75, 3.05) is 5.32 Å². The summed E-state index contributed by atoms with van der Waals surface area (Å²) in [6, 6.07) is 8.95. The van der Waals surface area contributed by atoms with E-state index in [-0.39, 0.29) is 23.4 Å². The molecule has 0 spiro atoms. The number of carboxylic acid groups (broad SMARTS) is 1. The first kappa shape index (κ1) is 21.4. The van der Waals surface area contributed by atoms with Crippen LogP contribution in [-0.2, 0) is 16.0 Å². The van der Waals surface area contributed by atoms with Gasteiger partial charge in [0.05, 0.1) is 12.0 Å². The Balaban J connectivity index is 2.08. The van der Waals surface area contributed by atoms with Gasteiger partial charge < -0.3 is 15.7 Å². The Morgan fingerprint density at radius 2 is 1.86 bits per heavy atom. The Labute approximate surface area is 168 Å². The number of anilines is 1. The molecule has 0 saturated heterocycles. The van der Waals surface area contributed by atoms with Crippen LogP contribution in [0.25, 0.3) is 0 Å². The quantitative estimate of drug-likeness (QED) is 0.587. The first-order valence-corrected chi connectivity index (χ1v) is 9.17. The minimum absolute atomic E-state index is 0.0583. The molecule has 2 amide bonds. The summed E-state index contributed by atoms with van der Waals surface area (Å²) >= 11 is 5.73. The van der Waals surface area contributed by atoms with Crippen LogP contribution in [-0.4, -0.2) is 33.9 Å². The van der Waals surface area contributed by atoms with Gasteiger partial charge in [-0.3, -0.25) is 9.59 Å². The largest absolute Gasteiger partial charge is 0.480 e. The monoisotopic (exact) mass is 403 g/mol. The molecule has 0 radical (unpaired) electrons. The summed E-state index contributed by atoms with van der Waals surface area (Å²) in [5.41, 5.74) is 1.36. The molecule has 28 heavy (non-hydrogen) atoms. The highest BCUT2D eigenvalue weighted by Crippen LogP contribution is 2.17. The van der Waals surface area contributed by atoms with E-state index in [0.717, 1.165) is 0 Å². The number of carboxylic acids is 1. The fourth-order valence-electron chi connectivity index (χ4n) is 2.61. The van der Waals surface area contributed by atoms with Crippen LogP contribution in [0.3, 0.4) is 0 Å². The van der Waals surface area contributed by atoms with E-state index in [1.165, 1.54) is 12.3 Å². The Morgan fingerprint density at radius 1 is 1.14 bits per heavy atom. The highest BCUT2D eigenvalue weighted by Gasteiger charge is 2.21. The van der Waals surface area contributed by atoms with E-state index in [1.807, 2.05) is 13.8 Å². The summed E-state index contributed by atoms with van der Waals surface area (Å²) in [7, 11) is 0. The van der Waals surface area contributed by atoms with Gasteiger partial charge in [0.15, 0.2) is 0 Å². The van der Waals surface area contributed by atoms with Crippen molar-refractivity contribution >= 4 is 35.1 Å². The first-order valence-electron chi connectivity index (χ1n) is 8.79. The van der Waals surface area contributed by atoms with Gasteiger partial charge in [0.25, 0.3) is 5.91 Å². The number of para-hydroxylation sites is 1. The molecule has 8 heteroatoms. The van der Waals surface area contributed by atoms with Crippen molar-refractivity contribution in [2.45, 2.75) is 32.7 Å². The normalized spacial score (nSPS) is 11.7. The molecule has 3 N–H and O–H groups in total. The third kappa shape index (κ3) is 6.35.